The molecule has 0 aliphatic heterocycles. The van der Waals surface area contributed by atoms with E-state index in [1.54, 1.807) is 18.2 Å². The molecule has 0 saturated heterocycles. The molecule has 0 spiro atoms. The van der Waals surface area contributed by atoms with Gasteiger partial charge in [0.2, 0.25) is 0 Å². The number of halogens is 2. The number of nitrogens with zero attached hydrogens (tertiary/aromatic N) is 1. The van der Waals surface area contributed by atoms with Gasteiger partial charge in [-0.05, 0) is 37.6 Å². The molecule has 15 heavy (non-hydrogen) atoms. The number of carbonyl (C=O) groups excluding carboxylic acids is 1. The standard InChI is InChI=1S/C7H3Cl2NO.C3H6O/c8-4-1-2-5-6(3-4)11-7(9)10-5;1-3(2)4/h1-3H;1-2H3. The molecule has 80 valence electrons. The second-order valence-corrected chi connectivity index (χ2v) is 3.75. The second-order valence-electron chi connectivity index (χ2n) is 2.99. The lowest BCUT2D eigenvalue weighted by atomic mass is 10.3. The first-order valence-electron chi connectivity index (χ1n) is 4.18. The van der Waals surface area contributed by atoms with Gasteiger partial charge in [0.05, 0.1) is 0 Å². The summed E-state index contributed by atoms with van der Waals surface area (Å²) in [5.74, 6) is 0.167. The number of benzene rings is 1. The SMILES string of the molecule is CC(C)=O.Clc1ccc2nc(Cl)oc2c1. The van der Waals surface area contributed by atoms with Crippen molar-refractivity contribution in [3.63, 3.8) is 0 Å². The third kappa shape index (κ3) is 3.90. The lowest BCUT2D eigenvalue weighted by Crippen LogP contribution is -1.69. The van der Waals surface area contributed by atoms with Crippen LogP contribution in [0.2, 0.25) is 10.4 Å². The molecular weight excluding hydrogens is 237 g/mol. The average Bonchev–Trinajstić information content (AvgIpc) is 2.42. The van der Waals surface area contributed by atoms with Crippen LogP contribution in [0.15, 0.2) is 22.6 Å². The van der Waals surface area contributed by atoms with Crippen LogP contribution in [0.3, 0.4) is 0 Å². The predicted molar refractivity (Wildman–Crippen MR) is 60.4 cm³/mol. The summed E-state index contributed by atoms with van der Waals surface area (Å²) in [4.78, 5) is 13.3. The van der Waals surface area contributed by atoms with Gasteiger partial charge in [-0.1, -0.05) is 11.6 Å². The van der Waals surface area contributed by atoms with Gasteiger partial charge in [0.1, 0.15) is 11.3 Å². The van der Waals surface area contributed by atoms with Crippen LogP contribution in [0.4, 0.5) is 0 Å². The largest absolute Gasteiger partial charge is 0.428 e. The average molecular weight is 246 g/mol. The Labute approximate surface area is 97.0 Å². The maximum absolute atomic E-state index is 9.44. The highest BCUT2D eigenvalue weighted by Crippen LogP contribution is 2.21. The molecule has 5 heteroatoms. The summed E-state index contributed by atoms with van der Waals surface area (Å²) in [7, 11) is 0. The van der Waals surface area contributed by atoms with Crippen molar-refractivity contribution in [3.05, 3.63) is 28.6 Å². The van der Waals surface area contributed by atoms with Gasteiger partial charge in [0.15, 0.2) is 5.58 Å². The Balaban J connectivity index is 0.000000245. The van der Waals surface area contributed by atoms with E-state index in [-0.39, 0.29) is 11.1 Å². The number of hydrogen-bond donors (Lipinski definition) is 0. The quantitative estimate of drug-likeness (QED) is 0.711. The van der Waals surface area contributed by atoms with Crippen molar-refractivity contribution in [1.82, 2.24) is 4.98 Å². The summed E-state index contributed by atoms with van der Waals surface area (Å²) in [5, 5.41) is 0.757. The number of rotatable bonds is 0. The number of oxazole rings is 1. The smallest absolute Gasteiger partial charge is 0.293 e. The summed E-state index contributed by atoms with van der Waals surface area (Å²) < 4.78 is 5.02. The molecule has 0 N–H and O–H groups in total. The highest BCUT2D eigenvalue weighted by molar-refractivity contribution is 6.31. The van der Waals surface area contributed by atoms with Crippen molar-refractivity contribution in [3.8, 4) is 0 Å². The van der Waals surface area contributed by atoms with Crippen LogP contribution in [-0.2, 0) is 4.79 Å². The highest BCUT2D eigenvalue weighted by atomic mass is 35.5. The van der Waals surface area contributed by atoms with Crippen LogP contribution in [0.25, 0.3) is 11.1 Å². The third-order valence-electron chi connectivity index (χ3n) is 1.32. The van der Waals surface area contributed by atoms with Gasteiger partial charge < -0.3 is 9.21 Å². The summed E-state index contributed by atoms with van der Waals surface area (Å²) in [6, 6.07) is 5.17. The van der Waals surface area contributed by atoms with E-state index in [0.717, 1.165) is 5.52 Å². The molecule has 0 saturated carbocycles. The van der Waals surface area contributed by atoms with Crippen LogP contribution in [0, 0.1) is 0 Å². The van der Waals surface area contributed by atoms with Crippen molar-refractivity contribution >= 4 is 40.1 Å². The van der Waals surface area contributed by atoms with Gasteiger partial charge in [0.25, 0.3) is 5.35 Å². The Kier molecular flexibility index (Phi) is 4.12. The maximum atomic E-state index is 9.44. The molecule has 0 amide bonds. The first kappa shape index (κ1) is 12.0. The summed E-state index contributed by atoms with van der Waals surface area (Å²) in [5.41, 5.74) is 1.34. The minimum Gasteiger partial charge on any atom is -0.428 e. The Morgan fingerprint density at radius 3 is 2.53 bits per heavy atom. The molecule has 2 rings (SSSR count). The van der Waals surface area contributed by atoms with Crippen LogP contribution in [0.1, 0.15) is 13.8 Å². The molecule has 0 fully saturated rings. The van der Waals surface area contributed by atoms with E-state index >= 15 is 0 Å². The highest BCUT2D eigenvalue weighted by Gasteiger charge is 2.02. The van der Waals surface area contributed by atoms with E-state index in [2.05, 4.69) is 4.98 Å². The van der Waals surface area contributed by atoms with Gasteiger partial charge in [-0.25, -0.2) is 0 Å². The number of ketones is 1. The zero-order chi connectivity index (χ0) is 11.4. The van der Waals surface area contributed by atoms with Crippen molar-refractivity contribution in [2.75, 3.05) is 0 Å². The predicted octanol–water partition coefficient (Wildman–Crippen LogP) is 3.73. The Morgan fingerprint density at radius 2 is 1.93 bits per heavy atom. The first-order valence-corrected chi connectivity index (χ1v) is 4.93. The molecule has 0 aliphatic carbocycles. The van der Waals surface area contributed by atoms with Gasteiger partial charge in [0, 0.05) is 11.1 Å². The minimum atomic E-state index is 0.141. The van der Waals surface area contributed by atoms with Crippen molar-refractivity contribution < 1.29 is 9.21 Å². The Bertz CT molecular complexity index is 475. The summed E-state index contributed by atoms with van der Waals surface area (Å²) in [6.07, 6.45) is 0. The second kappa shape index (κ2) is 5.14. The molecule has 0 unspecified atom stereocenters. The first-order chi connectivity index (χ1) is 6.99. The lowest BCUT2D eigenvalue weighted by Gasteiger charge is -1.85. The van der Waals surface area contributed by atoms with E-state index in [0.29, 0.717) is 10.6 Å². The fourth-order valence-electron chi connectivity index (χ4n) is 0.870. The molecule has 3 nitrogen and oxygen atoms in total. The van der Waals surface area contributed by atoms with Crippen molar-refractivity contribution in [2.45, 2.75) is 13.8 Å². The molecule has 0 atom stereocenters. The van der Waals surface area contributed by atoms with Crippen LogP contribution < -0.4 is 0 Å². The van der Waals surface area contributed by atoms with Gasteiger partial charge in [-0.3, -0.25) is 0 Å². The number of carbonyl (C=O) groups is 1. The minimum absolute atomic E-state index is 0.141. The number of hydrogen-bond acceptors (Lipinski definition) is 3. The molecule has 1 heterocycles. The van der Waals surface area contributed by atoms with Crippen LogP contribution >= 0.6 is 23.2 Å². The molecular formula is C10H9Cl2NO2. The van der Waals surface area contributed by atoms with Crippen LogP contribution in [0.5, 0.6) is 0 Å². The van der Waals surface area contributed by atoms with Crippen molar-refractivity contribution in [1.29, 1.82) is 0 Å². The molecule has 1 aromatic heterocycles. The van der Waals surface area contributed by atoms with Gasteiger partial charge in [-0.15, -0.1) is 0 Å². The molecule has 0 bridgehead atoms. The number of fused-ring (bicyclic) bond motifs is 1. The summed E-state index contributed by atoms with van der Waals surface area (Å²) in [6.45, 7) is 3.06. The van der Waals surface area contributed by atoms with Gasteiger partial charge >= 0.3 is 0 Å². The normalized spacial score (nSPS) is 9.60. The zero-order valence-electron chi connectivity index (χ0n) is 8.25. The van der Waals surface area contributed by atoms with E-state index < -0.39 is 0 Å². The fourth-order valence-corrected chi connectivity index (χ4v) is 1.21. The zero-order valence-corrected chi connectivity index (χ0v) is 9.76. The number of aromatic nitrogens is 1. The Hall–Kier alpha value is -1.06. The third-order valence-corrected chi connectivity index (χ3v) is 1.72. The van der Waals surface area contributed by atoms with E-state index in [9.17, 15) is 4.79 Å². The topological polar surface area (TPSA) is 43.1 Å². The van der Waals surface area contributed by atoms with Gasteiger partial charge in [-0.2, -0.15) is 4.98 Å². The molecule has 1 aromatic carbocycles. The molecule has 0 aliphatic rings. The maximum Gasteiger partial charge on any atom is 0.293 e. The van der Waals surface area contributed by atoms with Crippen LogP contribution in [-0.4, -0.2) is 10.8 Å². The van der Waals surface area contributed by atoms with Crippen molar-refractivity contribution in [2.24, 2.45) is 0 Å². The monoisotopic (exact) mass is 245 g/mol. The molecule has 0 radical (unpaired) electrons. The van der Waals surface area contributed by atoms with E-state index in [1.807, 2.05) is 0 Å². The Morgan fingerprint density at radius 1 is 1.33 bits per heavy atom. The van der Waals surface area contributed by atoms with E-state index in [1.165, 1.54) is 13.8 Å². The number of Topliss-reactive ketones (excluding diaryl/α,β-unsaturated/α-hetero) is 1. The molecule has 2 aromatic rings. The fraction of sp³-hybridized carbons (Fsp3) is 0.200. The van der Waals surface area contributed by atoms with E-state index in [4.69, 9.17) is 27.6 Å². The summed E-state index contributed by atoms with van der Waals surface area (Å²) >= 11 is 11.2. The lowest BCUT2D eigenvalue weighted by molar-refractivity contribution is -0.114.